The summed E-state index contributed by atoms with van der Waals surface area (Å²) < 4.78 is 17.5. The lowest BCUT2D eigenvalue weighted by atomic mass is 9.66. The van der Waals surface area contributed by atoms with E-state index in [1.165, 1.54) is 7.11 Å². The van der Waals surface area contributed by atoms with Gasteiger partial charge >= 0.3 is 13.1 Å². The molecule has 132 valence electrons. The molecule has 1 aliphatic heterocycles. The molecular formula is C16H22BBrO6. The molecule has 8 heteroatoms. The highest BCUT2D eigenvalue weighted by molar-refractivity contribution is 9.10. The number of aliphatic carboxylic acids is 1. The van der Waals surface area contributed by atoms with Gasteiger partial charge in [-0.15, -0.1) is 0 Å². The highest BCUT2D eigenvalue weighted by Crippen LogP contribution is 2.45. The molecule has 1 aromatic carbocycles. The van der Waals surface area contributed by atoms with Gasteiger partial charge in [-0.1, -0.05) is 6.07 Å². The number of carbonyl (C=O) groups is 1. The summed E-state index contributed by atoms with van der Waals surface area (Å²) in [5.41, 5.74) is -0.556. The van der Waals surface area contributed by atoms with E-state index in [1.54, 1.807) is 12.1 Å². The summed E-state index contributed by atoms with van der Waals surface area (Å²) in [6.45, 7) is 7.63. The van der Waals surface area contributed by atoms with Crippen molar-refractivity contribution in [2.24, 2.45) is 0 Å². The largest absolute Gasteiger partial charge is 0.503 e. The molecule has 0 saturated carbocycles. The normalized spacial score (nSPS) is 20.0. The Balaban J connectivity index is 2.45. The van der Waals surface area contributed by atoms with Crippen molar-refractivity contribution < 1.29 is 29.1 Å². The number of carboxylic acids is 1. The number of phenolic OH excluding ortho intramolecular Hbond substituents is 1. The van der Waals surface area contributed by atoms with E-state index in [-0.39, 0.29) is 12.2 Å². The van der Waals surface area contributed by atoms with Crippen LogP contribution in [0.5, 0.6) is 11.5 Å². The van der Waals surface area contributed by atoms with Crippen LogP contribution in [-0.2, 0) is 14.1 Å². The molecule has 1 saturated heterocycles. The van der Waals surface area contributed by atoms with E-state index in [0.717, 1.165) is 0 Å². The van der Waals surface area contributed by atoms with Crippen LogP contribution in [0.4, 0.5) is 0 Å². The average Bonchev–Trinajstić information content (AvgIpc) is 2.68. The minimum atomic E-state index is -0.975. The van der Waals surface area contributed by atoms with Crippen molar-refractivity contribution >= 4 is 29.0 Å². The fourth-order valence-corrected chi connectivity index (χ4v) is 3.23. The summed E-state index contributed by atoms with van der Waals surface area (Å²) in [5.74, 6) is -1.35. The van der Waals surface area contributed by atoms with E-state index in [1.807, 2.05) is 27.7 Å². The van der Waals surface area contributed by atoms with Crippen molar-refractivity contribution in [1.82, 2.24) is 0 Å². The van der Waals surface area contributed by atoms with Gasteiger partial charge in [-0.25, -0.2) is 0 Å². The van der Waals surface area contributed by atoms with E-state index in [2.05, 4.69) is 15.9 Å². The number of phenols is 1. The molecule has 24 heavy (non-hydrogen) atoms. The molecule has 1 heterocycles. The Hall–Kier alpha value is -1.25. The van der Waals surface area contributed by atoms with Crippen molar-refractivity contribution in [1.29, 1.82) is 0 Å². The summed E-state index contributed by atoms with van der Waals surface area (Å²) in [5, 5.41) is 19.5. The highest BCUT2D eigenvalue weighted by atomic mass is 79.9. The first kappa shape index (κ1) is 19.1. The van der Waals surface area contributed by atoms with Crippen LogP contribution in [0.15, 0.2) is 16.6 Å². The van der Waals surface area contributed by atoms with Crippen molar-refractivity contribution in [3.63, 3.8) is 0 Å². The van der Waals surface area contributed by atoms with Gasteiger partial charge in [0, 0.05) is 5.82 Å². The lowest BCUT2D eigenvalue weighted by Crippen LogP contribution is -2.41. The van der Waals surface area contributed by atoms with Crippen LogP contribution in [0, 0.1) is 0 Å². The second-order valence-corrected chi connectivity index (χ2v) is 7.64. The third-order valence-electron chi connectivity index (χ3n) is 4.72. The van der Waals surface area contributed by atoms with Gasteiger partial charge < -0.3 is 24.3 Å². The van der Waals surface area contributed by atoms with Crippen LogP contribution in [0.25, 0.3) is 0 Å². The molecule has 0 amide bonds. The third-order valence-corrected chi connectivity index (χ3v) is 5.56. The summed E-state index contributed by atoms with van der Waals surface area (Å²) >= 11 is 3.33. The SMILES string of the molecule is COc1ccc(C(CC(=O)O)B2OC(C)(C)C(C)(C)O2)c(Br)c1O. The Morgan fingerprint density at radius 2 is 1.83 bits per heavy atom. The second-order valence-electron chi connectivity index (χ2n) is 6.85. The quantitative estimate of drug-likeness (QED) is 0.737. The molecule has 0 spiro atoms. The summed E-state index contributed by atoms with van der Waals surface area (Å²) in [4.78, 5) is 11.4. The number of hydrogen-bond donors (Lipinski definition) is 2. The van der Waals surface area contributed by atoms with E-state index in [0.29, 0.717) is 15.8 Å². The van der Waals surface area contributed by atoms with Crippen molar-refractivity contribution in [3.05, 3.63) is 22.2 Å². The minimum absolute atomic E-state index is 0.0816. The number of hydrogen-bond acceptors (Lipinski definition) is 5. The van der Waals surface area contributed by atoms with Crippen LogP contribution in [0.1, 0.15) is 45.5 Å². The number of ether oxygens (including phenoxy) is 1. The fourth-order valence-electron chi connectivity index (χ4n) is 2.61. The summed E-state index contributed by atoms with van der Waals surface area (Å²) in [7, 11) is 0.708. The molecule has 1 aliphatic rings. The molecular weight excluding hydrogens is 379 g/mol. The first-order valence-electron chi connectivity index (χ1n) is 7.63. The lowest BCUT2D eigenvalue weighted by Gasteiger charge is -2.32. The molecule has 2 rings (SSSR count). The van der Waals surface area contributed by atoms with Gasteiger partial charge in [0.1, 0.15) is 0 Å². The van der Waals surface area contributed by atoms with Crippen molar-refractivity contribution in [2.75, 3.05) is 7.11 Å². The van der Waals surface area contributed by atoms with Crippen LogP contribution in [0.3, 0.4) is 0 Å². The van der Waals surface area contributed by atoms with Crippen LogP contribution >= 0.6 is 15.9 Å². The number of methoxy groups -OCH3 is 1. The number of benzene rings is 1. The Labute approximate surface area is 150 Å². The maximum atomic E-state index is 11.4. The van der Waals surface area contributed by atoms with Gasteiger partial charge in [-0.3, -0.25) is 4.79 Å². The first-order chi connectivity index (χ1) is 11.0. The maximum Gasteiger partial charge on any atom is 0.466 e. The molecule has 1 atom stereocenters. The van der Waals surface area contributed by atoms with E-state index in [9.17, 15) is 15.0 Å². The zero-order valence-electron chi connectivity index (χ0n) is 14.4. The molecule has 1 unspecified atom stereocenters. The monoisotopic (exact) mass is 400 g/mol. The van der Waals surface area contributed by atoms with Crippen molar-refractivity contribution in [2.45, 2.75) is 51.1 Å². The molecule has 0 radical (unpaired) electrons. The Bertz CT molecular complexity index is 630. The predicted octanol–water partition coefficient (Wildman–Crippen LogP) is 3.35. The fraction of sp³-hybridized carbons (Fsp3) is 0.562. The molecule has 0 aliphatic carbocycles. The summed E-state index contributed by atoms with van der Waals surface area (Å²) in [6, 6.07) is 3.30. The topological polar surface area (TPSA) is 85.2 Å². The molecule has 0 bridgehead atoms. The van der Waals surface area contributed by atoms with Gasteiger partial charge in [-0.2, -0.15) is 0 Å². The van der Waals surface area contributed by atoms with Gasteiger partial charge in [-0.05, 0) is 55.3 Å². The van der Waals surface area contributed by atoms with Gasteiger partial charge in [0.05, 0.1) is 29.2 Å². The Morgan fingerprint density at radius 1 is 1.29 bits per heavy atom. The molecule has 6 nitrogen and oxygen atoms in total. The number of carboxylic acid groups (broad SMARTS) is 1. The van der Waals surface area contributed by atoms with E-state index in [4.69, 9.17) is 14.0 Å². The zero-order chi connectivity index (χ0) is 18.3. The lowest BCUT2D eigenvalue weighted by molar-refractivity contribution is -0.137. The highest BCUT2D eigenvalue weighted by Gasteiger charge is 2.54. The van der Waals surface area contributed by atoms with E-state index < -0.39 is 30.1 Å². The smallest absolute Gasteiger partial charge is 0.466 e. The minimum Gasteiger partial charge on any atom is -0.503 e. The van der Waals surface area contributed by atoms with Crippen molar-refractivity contribution in [3.8, 4) is 11.5 Å². The second kappa shape index (κ2) is 6.57. The van der Waals surface area contributed by atoms with Gasteiger partial charge in [0.15, 0.2) is 11.5 Å². The van der Waals surface area contributed by atoms with Gasteiger partial charge in [0.25, 0.3) is 0 Å². The molecule has 0 aromatic heterocycles. The van der Waals surface area contributed by atoms with Crippen LogP contribution < -0.4 is 4.74 Å². The van der Waals surface area contributed by atoms with Crippen LogP contribution in [-0.4, -0.2) is 41.6 Å². The maximum absolute atomic E-state index is 11.4. The predicted molar refractivity (Wildman–Crippen MR) is 93.4 cm³/mol. The molecule has 2 N–H and O–H groups in total. The number of aromatic hydroxyl groups is 1. The van der Waals surface area contributed by atoms with Crippen LogP contribution in [0.2, 0.25) is 0 Å². The number of halogens is 1. The molecule has 1 fully saturated rings. The summed E-state index contributed by atoms with van der Waals surface area (Å²) in [6.07, 6.45) is -0.193. The zero-order valence-corrected chi connectivity index (χ0v) is 16.0. The third kappa shape index (κ3) is 3.41. The Kier molecular flexibility index (Phi) is 5.23. The van der Waals surface area contributed by atoms with Gasteiger partial charge in [0.2, 0.25) is 0 Å². The number of rotatable bonds is 5. The standard InChI is InChI=1S/C16H22BBrO6/c1-15(2)16(3,4)24-17(23-15)10(8-12(19)20)9-6-7-11(22-5)14(21)13(9)18/h6-7,10,21H,8H2,1-5H3,(H,19,20). The first-order valence-corrected chi connectivity index (χ1v) is 8.42. The average molecular weight is 401 g/mol. The Morgan fingerprint density at radius 3 is 2.29 bits per heavy atom. The molecule has 1 aromatic rings. The van der Waals surface area contributed by atoms with E-state index >= 15 is 0 Å².